The summed E-state index contributed by atoms with van der Waals surface area (Å²) in [6.45, 7) is 12.4. The van der Waals surface area contributed by atoms with Crippen LogP contribution in [0.15, 0.2) is 24.3 Å². The lowest BCUT2D eigenvalue weighted by atomic mass is 10.4. The van der Waals surface area contributed by atoms with E-state index in [0.29, 0.717) is 0 Å². The van der Waals surface area contributed by atoms with Gasteiger partial charge in [0.1, 0.15) is 0 Å². The van der Waals surface area contributed by atoms with Crippen molar-refractivity contribution in [3.05, 3.63) is 24.3 Å². The average molecular weight is 260 g/mol. The van der Waals surface area contributed by atoms with Crippen molar-refractivity contribution in [3.63, 3.8) is 0 Å². The fraction of sp³-hybridized carbons (Fsp3) is 0.500. The van der Waals surface area contributed by atoms with Gasteiger partial charge in [-0.25, -0.2) is 9.59 Å². The number of hydrogen-bond donors (Lipinski definition) is 2. The molecule has 0 spiro atoms. The Morgan fingerprint density at radius 2 is 1.11 bits per heavy atom. The van der Waals surface area contributed by atoms with Crippen LogP contribution in [0.3, 0.4) is 0 Å². The van der Waals surface area contributed by atoms with E-state index in [0.717, 1.165) is 0 Å². The van der Waals surface area contributed by atoms with Crippen LogP contribution in [-0.4, -0.2) is 34.7 Å². The number of ether oxygens (including phenoxy) is 2. The molecule has 0 aromatic carbocycles. The van der Waals surface area contributed by atoms with Gasteiger partial charge < -0.3 is 19.7 Å². The monoisotopic (exact) mass is 260 g/mol. The zero-order valence-electron chi connectivity index (χ0n) is 11.1. The molecule has 104 valence electrons. The first-order chi connectivity index (χ1) is 8.07. The molecule has 0 amide bonds. The predicted molar refractivity (Wildman–Crippen MR) is 65.2 cm³/mol. The summed E-state index contributed by atoms with van der Waals surface area (Å²) in [5.74, 6) is -1.13. The second kappa shape index (κ2) is 9.38. The third-order valence-electron chi connectivity index (χ3n) is 1.25. The topological polar surface area (TPSA) is 93.1 Å². The second-order valence-electron chi connectivity index (χ2n) is 3.57. The zero-order valence-corrected chi connectivity index (χ0v) is 11.1. The summed E-state index contributed by atoms with van der Waals surface area (Å²) in [4.78, 5) is 20.9. The van der Waals surface area contributed by atoms with Crippen molar-refractivity contribution in [2.24, 2.45) is 0 Å². The molecule has 0 fully saturated rings. The Morgan fingerprint density at radius 1 is 0.889 bits per heavy atom. The molecule has 2 N–H and O–H groups in total. The Hall–Kier alpha value is -1.66. The molecule has 2 unspecified atom stereocenters. The van der Waals surface area contributed by atoms with E-state index in [4.69, 9.17) is 10.2 Å². The highest BCUT2D eigenvalue weighted by Crippen LogP contribution is 1.94. The van der Waals surface area contributed by atoms with Gasteiger partial charge in [-0.1, -0.05) is 13.2 Å². The van der Waals surface area contributed by atoms with Gasteiger partial charge in [0, 0.05) is 11.1 Å². The number of rotatable bonds is 4. The van der Waals surface area contributed by atoms with Crippen molar-refractivity contribution in [1.29, 1.82) is 0 Å². The Labute approximate surface area is 107 Å². The van der Waals surface area contributed by atoms with Crippen LogP contribution in [-0.2, 0) is 19.1 Å². The molecule has 18 heavy (non-hydrogen) atoms. The van der Waals surface area contributed by atoms with Crippen molar-refractivity contribution >= 4 is 11.9 Å². The van der Waals surface area contributed by atoms with Crippen molar-refractivity contribution in [3.8, 4) is 0 Å². The highest BCUT2D eigenvalue weighted by atomic mass is 16.6. The van der Waals surface area contributed by atoms with Gasteiger partial charge in [-0.3, -0.25) is 0 Å². The van der Waals surface area contributed by atoms with E-state index in [9.17, 15) is 9.59 Å². The number of carbonyl (C=O) groups excluding carboxylic acids is 2. The number of aliphatic hydroxyl groups is 2. The Balaban J connectivity index is 0. The van der Waals surface area contributed by atoms with E-state index in [1.165, 1.54) is 27.7 Å². The summed E-state index contributed by atoms with van der Waals surface area (Å²) in [6, 6.07) is 0. The van der Waals surface area contributed by atoms with E-state index < -0.39 is 24.5 Å². The predicted octanol–water partition coefficient (Wildman–Crippen LogP) is 0.888. The smallest absolute Gasteiger partial charge is 0.335 e. The van der Waals surface area contributed by atoms with E-state index in [1.54, 1.807) is 0 Å². The molecule has 0 bridgehead atoms. The first-order valence-corrected chi connectivity index (χ1v) is 5.17. The van der Waals surface area contributed by atoms with Crippen LogP contribution in [0.5, 0.6) is 0 Å². The number of carbonyl (C=O) groups is 2. The third kappa shape index (κ3) is 12.4. The maximum atomic E-state index is 10.5. The fourth-order valence-electron chi connectivity index (χ4n) is 0.511. The largest absolute Gasteiger partial charge is 0.433 e. The van der Waals surface area contributed by atoms with E-state index in [1.807, 2.05) is 0 Å². The molecule has 0 aliphatic rings. The Bertz CT molecular complexity index is 285. The summed E-state index contributed by atoms with van der Waals surface area (Å²) < 4.78 is 8.66. The second-order valence-corrected chi connectivity index (χ2v) is 3.57. The number of aliphatic hydroxyl groups excluding tert-OH is 2. The minimum absolute atomic E-state index is 0.288. The molecule has 6 nitrogen and oxygen atoms in total. The number of hydrogen-bond acceptors (Lipinski definition) is 6. The summed E-state index contributed by atoms with van der Waals surface area (Å²) in [5, 5.41) is 17.0. The lowest BCUT2D eigenvalue weighted by Crippen LogP contribution is -2.13. The van der Waals surface area contributed by atoms with Gasteiger partial charge in [-0.05, 0) is 27.7 Å². The minimum Gasteiger partial charge on any atom is -0.433 e. The molecule has 0 aromatic heterocycles. The molecule has 2 atom stereocenters. The van der Waals surface area contributed by atoms with Crippen LogP contribution in [0.25, 0.3) is 0 Å². The molecule has 0 aliphatic carbocycles. The molecular formula is C12H20O6. The first-order valence-electron chi connectivity index (χ1n) is 5.17. The lowest BCUT2D eigenvalue weighted by Gasteiger charge is -2.04. The molecule has 0 aliphatic heterocycles. The minimum atomic E-state index is -1.05. The molecule has 0 saturated heterocycles. The Kier molecular flexibility index (Phi) is 9.74. The SMILES string of the molecule is C=C(C)C(=O)OC(C)O.C=C(C)C(=O)OC(C)O. The van der Waals surface area contributed by atoms with Crippen molar-refractivity contribution in [1.82, 2.24) is 0 Å². The highest BCUT2D eigenvalue weighted by Gasteiger charge is 2.05. The molecule has 0 heterocycles. The van der Waals surface area contributed by atoms with Crippen LogP contribution in [0.1, 0.15) is 27.7 Å². The molecule has 0 radical (unpaired) electrons. The van der Waals surface area contributed by atoms with Gasteiger partial charge in [0.15, 0.2) is 12.6 Å². The maximum Gasteiger partial charge on any atom is 0.335 e. The molecular weight excluding hydrogens is 240 g/mol. The summed E-state index contributed by atoms with van der Waals surface area (Å²) in [6.07, 6.45) is -2.09. The van der Waals surface area contributed by atoms with Crippen molar-refractivity contribution in [2.75, 3.05) is 0 Å². The maximum absolute atomic E-state index is 10.5. The van der Waals surface area contributed by atoms with Crippen LogP contribution < -0.4 is 0 Å². The van der Waals surface area contributed by atoms with Crippen LogP contribution in [0, 0.1) is 0 Å². The molecule has 0 aromatic rings. The van der Waals surface area contributed by atoms with Crippen molar-refractivity contribution in [2.45, 2.75) is 40.3 Å². The standard InChI is InChI=1S/2C6H10O3/c2*1-4(2)6(8)9-5(3)7/h2*5,7H,1H2,2-3H3. The normalized spacial score (nSPS) is 12.3. The quantitative estimate of drug-likeness (QED) is 0.443. The Morgan fingerprint density at radius 3 is 1.17 bits per heavy atom. The lowest BCUT2D eigenvalue weighted by molar-refractivity contribution is -0.160. The number of esters is 2. The molecule has 0 saturated carbocycles. The van der Waals surface area contributed by atoms with Gasteiger partial charge in [0.05, 0.1) is 0 Å². The van der Waals surface area contributed by atoms with Gasteiger partial charge in [-0.15, -0.1) is 0 Å². The fourth-order valence-corrected chi connectivity index (χ4v) is 0.511. The zero-order chi connectivity index (χ0) is 14.9. The van der Waals surface area contributed by atoms with Gasteiger partial charge in [0.2, 0.25) is 0 Å². The average Bonchev–Trinajstić information content (AvgIpc) is 2.16. The van der Waals surface area contributed by atoms with Crippen LogP contribution in [0.4, 0.5) is 0 Å². The van der Waals surface area contributed by atoms with Crippen molar-refractivity contribution < 1.29 is 29.3 Å². The third-order valence-corrected chi connectivity index (χ3v) is 1.25. The summed E-state index contributed by atoms with van der Waals surface area (Å²) in [5.41, 5.74) is 0.576. The van der Waals surface area contributed by atoms with E-state index in [2.05, 4.69) is 22.6 Å². The van der Waals surface area contributed by atoms with Gasteiger partial charge in [-0.2, -0.15) is 0 Å². The molecule has 0 rings (SSSR count). The van der Waals surface area contributed by atoms with Crippen LogP contribution in [0.2, 0.25) is 0 Å². The summed E-state index contributed by atoms with van der Waals surface area (Å²) in [7, 11) is 0. The summed E-state index contributed by atoms with van der Waals surface area (Å²) >= 11 is 0. The van der Waals surface area contributed by atoms with Crippen LogP contribution >= 0.6 is 0 Å². The highest BCUT2D eigenvalue weighted by molar-refractivity contribution is 5.87. The first kappa shape index (κ1) is 18.7. The van der Waals surface area contributed by atoms with Gasteiger partial charge >= 0.3 is 11.9 Å². The van der Waals surface area contributed by atoms with Gasteiger partial charge in [0.25, 0.3) is 0 Å². The van der Waals surface area contributed by atoms with E-state index >= 15 is 0 Å². The molecule has 6 heteroatoms. The van der Waals surface area contributed by atoms with E-state index in [-0.39, 0.29) is 11.1 Å².